The van der Waals surface area contributed by atoms with E-state index in [2.05, 4.69) is 43.0 Å². The van der Waals surface area contributed by atoms with Gasteiger partial charge < -0.3 is 26.2 Å². The lowest BCUT2D eigenvalue weighted by Crippen LogP contribution is -2.16. The predicted octanol–water partition coefficient (Wildman–Crippen LogP) is 0.335. The first-order chi connectivity index (χ1) is 11.3. The lowest BCUT2D eigenvalue weighted by atomic mass is 10.1. The van der Waals surface area contributed by atoms with Crippen molar-refractivity contribution in [2.24, 2.45) is 0 Å². The third-order valence-corrected chi connectivity index (χ3v) is 2.96. The monoisotopic (exact) mass is 318 g/mol. The number of hydrogen-bond donors (Lipinski definition) is 5. The third-order valence-electron chi connectivity index (χ3n) is 2.96. The fourth-order valence-corrected chi connectivity index (χ4v) is 1.91. The summed E-state index contributed by atoms with van der Waals surface area (Å²) in [7, 11) is 0. The molecule has 1 aromatic carbocycles. The van der Waals surface area contributed by atoms with E-state index in [-0.39, 0.29) is 13.2 Å². The summed E-state index contributed by atoms with van der Waals surface area (Å²) in [5, 5.41) is 26.7. The van der Waals surface area contributed by atoms with E-state index in [0.717, 1.165) is 6.42 Å². The second-order valence-corrected chi connectivity index (χ2v) is 4.77. The Balaban J connectivity index is 1.97. The average molecular weight is 318 g/mol. The molecule has 1 aromatic heterocycles. The van der Waals surface area contributed by atoms with Gasteiger partial charge in [0.2, 0.25) is 17.8 Å². The Morgan fingerprint density at radius 2 is 1.17 bits per heavy atom. The van der Waals surface area contributed by atoms with Crippen molar-refractivity contribution < 1.29 is 10.2 Å². The summed E-state index contributed by atoms with van der Waals surface area (Å²) >= 11 is 0. The van der Waals surface area contributed by atoms with Gasteiger partial charge in [0, 0.05) is 19.6 Å². The molecule has 0 aliphatic rings. The van der Waals surface area contributed by atoms with E-state index in [0.29, 0.717) is 37.5 Å². The molecule has 0 atom stereocenters. The quantitative estimate of drug-likeness (QED) is 0.426. The molecule has 8 nitrogen and oxygen atoms in total. The SMILES string of the molecule is OCCNc1nc(NCCO)nc(NCCc2ccccc2)n1. The number of nitrogens with one attached hydrogen (secondary N) is 3. The maximum atomic E-state index is 8.88. The molecular formula is C15H22N6O2. The van der Waals surface area contributed by atoms with E-state index in [9.17, 15) is 0 Å². The van der Waals surface area contributed by atoms with Crippen LogP contribution in [0.1, 0.15) is 5.56 Å². The summed E-state index contributed by atoms with van der Waals surface area (Å²) < 4.78 is 0. The van der Waals surface area contributed by atoms with Crippen molar-refractivity contribution in [3.8, 4) is 0 Å². The highest BCUT2D eigenvalue weighted by Gasteiger charge is 2.06. The van der Waals surface area contributed by atoms with Gasteiger partial charge in [-0.05, 0) is 12.0 Å². The van der Waals surface area contributed by atoms with Gasteiger partial charge in [0.25, 0.3) is 0 Å². The van der Waals surface area contributed by atoms with E-state index in [1.54, 1.807) is 0 Å². The molecule has 0 aliphatic carbocycles. The summed E-state index contributed by atoms with van der Waals surface area (Å²) in [6.07, 6.45) is 0.853. The Bertz CT molecular complexity index is 555. The molecule has 0 unspecified atom stereocenters. The van der Waals surface area contributed by atoms with Crippen LogP contribution in [0.25, 0.3) is 0 Å². The molecule has 2 aromatic rings. The highest BCUT2D eigenvalue weighted by atomic mass is 16.3. The fourth-order valence-electron chi connectivity index (χ4n) is 1.91. The molecule has 0 aliphatic heterocycles. The van der Waals surface area contributed by atoms with Crippen molar-refractivity contribution in [3.63, 3.8) is 0 Å². The average Bonchev–Trinajstić information content (AvgIpc) is 2.59. The van der Waals surface area contributed by atoms with Crippen LogP contribution in [0.3, 0.4) is 0 Å². The highest BCUT2D eigenvalue weighted by Crippen LogP contribution is 2.09. The molecule has 8 heteroatoms. The third kappa shape index (κ3) is 6.05. The Morgan fingerprint density at radius 3 is 1.65 bits per heavy atom. The van der Waals surface area contributed by atoms with Crippen LogP contribution in [0.2, 0.25) is 0 Å². The summed E-state index contributed by atoms with van der Waals surface area (Å²) in [6.45, 7) is 1.37. The first-order valence-electron chi connectivity index (χ1n) is 7.55. The van der Waals surface area contributed by atoms with Crippen LogP contribution in [0.15, 0.2) is 30.3 Å². The minimum absolute atomic E-state index is 0.0120. The lowest BCUT2D eigenvalue weighted by Gasteiger charge is -2.10. The number of aliphatic hydroxyl groups is 2. The molecule has 0 radical (unpaired) electrons. The van der Waals surface area contributed by atoms with Crippen molar-refractivity contribution >= 4 is 17.8 Å². The molecule has 0 amide bonds. The van der Waals surface area contributed by atoms with E-state index < -0.39 is 0 Å². The zero-order valence-corrected chi connectivity index (χ0v) is 12.9. The standard InChI is InChI=1S/C15H22N6O2/c22-10-8-17-14-19-13(20-15(21-14)18-9-11-23)16-7-6-12-4-2-1-3-5-12/h1-5,22-23H,6-11H2,(H3,16,17,18,19,20,21). The summed E-state index contributed by atoms with van der Waals surface area (Å²) in [5.41, 5.74) is 1.23. The summed E-state index contributed by atoms with van der Waals surface area (Å²) in [5.74, 6) is 1.19. The minimum Gasteiger partial charge on any atom is -0.395 e. The largest absolute Gasteiger partial charge is 0.395 e. The smallest absolute Gasteiger partial charge is 0.229 e. The van der Waals surface area contributed by atoms with Crippen molar-refractivity contribution in [1.29, 1.82) is 0 Å². The normalized spacial score (nSPS) is 10.3. The van der Waals surface area contributed by atoms with Crippen LogP contribution in [0.4, 0.5) is 17.8 Å². The number of hydrogen-bond acceptors (Lipinski definition) is 8. The van der Waals surface area contributed by atoms with Gasteiger partial charge in [0.05, 0.1) is 13.2 Å². The zero-order valence-electron chi connectivity index (χ0n) is 12.9. The number of aliphatic hydroxyl groups excluding tert-OH is 2. The molecule has 2 rings (SSSR count). The topological polar surface area (TPSA) is 115 Å². The van der Waals surface area contributed by atoms with Crippen molar-refractivity contribution in [2.45, 2.75) is 6.42 Å². The first-order valence-corrected chi connectivity index (χ1v) is 7.55. The summed E-state index contributed by atoms with van der Waals surface area (Å²) in [4.78, 5) is 12.7. The van der Waals surface area contributed by atoms with Crippen molar-refractivity contribution in [3.05, 3.63) is 35.9 Å². The number of aromatic nitrogens is 3. The van der Waals surface area contributed by atoms with Crippen LogP contribution < -0.4 is 16.0 Å². The number of rotatable bonds is 10. The van der Waals surface area contributed by atoms with E-state index >= 15 is 0 Å². The molecule has 23 heavy (non-hydrogen) atoms. The Kier molecular flexibility index (Phi) is 7.02. The fraction of sp³-hybridized carbons (Fsp3) is 0.400. The Morgan fingerprint density at radius 1 is 0.696 bits per heavy atom. The lowest BCUT2D eigenvalue weighted by molar-refractivity contribution is 0.310. The number of benzene rings is 1. The van der Waals surface area contributed by atoms with Gasteiger partial charge in [0.15, 0.2) is 0 Å². The number of nitrogens with zero attached hydrogens (tertiary/aromatic N) is 3. The van der Waals surface area contributed by atoms with Gasteiger partial charge in [-0.15, -0.1) is 0 Å². The Hall–Kier alpha value is -2.45. The van der Waals surface area contributed by atoms with Crippen molar-refractivity contribution in [1.82, 2.24) is 15.0 Å². The Labute approximate surface area is 135 Å². The van der Waals surface area contributed by atoms with Gasteiger partial charge in [-0.3, -0.25) is 0 Å². The van der Waals surface area contributed by atoms with E-state index in [4.69, 9.17) is 10.2 Å². The van der Waals surface area contributed by atoms with Crippen LogP contribution in [0.5, 0.6) is 0 Å². The maximum Gasteiger partial charge on any atom is 0.229 e. The highest BCUT2D eigenvalue weighted by molar-refractivity contribution is 5.42. The molecule has 0 saturated carbocycles. The molecule has 0 fully saturated rings. The predicted molar refractivity (Wildman–Crippen MR) is 89.6 cm³/mol. The van der Waals surface area contributed by atoms with Gasteiger partial charge in [0.1, 0.15) is 0 Å². The molecule has 0 saturated heterocycles. The van der Waals surface area contributed by atoms with Gasteiger partial charge >= 0.3 is 0 Å². The minimum atomic E-state index is -0.0120. The first kappa shape index (κ1) is 16.9. The van der Waals surface area contributed by atoms with Crippen LogP contribution in [-0.2, 0) is 6.42 Å². The molecule has 124 valence electrons. The van der Waals surface area contributed by atoms with Gasteiger partial charge in [-0.2, -0.15) is 15.0 Å². The second-order valence-electron chi connectivity index (χ2n) is 4.77. The molecule has 5 N–H and O–H groups in total. The molecule has 0 bridgehead atoms. The molecule has 1 heterocycles. The summed E-state index contributed by atoms with van der Waals surface area (Å²) in [6, 6.07) is 10.1. The van der Waals surface area contributed by atoms with Crippen molar-refractivity contribution in [2.75, 3.05) is 48.8 Å². The zero-order chi connectivity index (χ0) is 16.3. The van der Waals surface area contributed by atoms with Gasteiger partial charge in [-0.25, -0.2) is 0 Å². The van der Waals surface area contributed by atoms with E-state index in [1.165, 1.54) is 5.56 Å². The molecule has 0 spiro atoms. The van der Waals surface area contributed by atoms with E-state index in [1.807, 2.05) is 18.2 Å². The second kappa shape index (κ2) is 9.54. The van der Waals surface area contributed by atoms with Gasteiger partial charge in [-0.1, -0.05) is 30.3 Å². The maximum absolute atomic E-state index is 8.88. The number of anilines is 3. The molecular weight excluding hydrogens is 296 g/mol. The van der Waals surface area contributed by atoms with Crippen LogP contribution >= 0.6 is 0 Å². The van der Waals surface area contributed by atoms with Crippen LogP contribution in [-0.4, -0.2) is 58.0 Å². The van der Waals surface area contributed by atoms with Crippen LogP contribution in [0, 0.1) is 0 Å².